The Kier molecular flexibility index (Phi) is 8.56. The zero-order valence-corrected chi connectivity index (χ0v) is 20.8. The molecule has 0 fully saturated rings. The zero-order chi connectivity index (χ0) is 29.2. The number of ether oxygens (including phenoxy) is 2. The third-order valence-corrected chi connectivity index (χ3v) is 6.36. The van der Waals surface area contributed by atoms with Gasteiger partial charge in [0.2, 0.25) is 0 Å². The number of carbonyl (C=O) groups excluding carboxylic acids is 2. The van der Waals surface area contributed by atoms with Gasteiger partial charge in [-0.15, -0.1) is 0 Å². The molecule has 1 aliphatic carbocycles. The summed E-state index contributed by atoms with van der Waals surface area (Å²) < 4.78 is 105. The molecule has 0 amide bonds. The van der Waals surface area contributed by atoms with Crippen molar-refractivity contribution in [1.82, 2.24) is 0 Å². The molecule has 0 aromatic heterocycles. The van der Waals surface area contributed by atoms with Crippen molar-refractivity contribution in [2.24, 2.45) is 10.9 Å². The van der Waals surface area contributed by atoms with Crippen LogP contribution in [0.4, 0.5) is 30.7 Å². The lowest BCUT2D eigenvalue weighted by Crippen LogP contribution is -2.56. The van der Waals surface area contributed by atoms with Gasteiger partial charge in [-0.3, -0.25) is 9.79 Å². The number of carbonyl (C=O) groups is 2. The minimum atomic E-state index is -6.50. The van der Waals surface area contributed by atoms with Crippen molar-refractivity contribution in [3.05, 3.63) is 71.8 Å². The van der Waals surface area contributed by atoms with Crippen LogP contribution in [-0.4, -0.2) is 55.9 Å². The Morgan fingerprint density at radius 3 is 2.26 bits per heavy atom. The van der Waals surface area contributed by atoms with E-state index in [4.69, 9.17) is 9.47 Å². The molecule has 2 unspecified atom stereocenters. The fraction of sp³-hybridized carbons (Fsp3) is 0.370. The molecular formula is C27H24F7NO4. The number of rotatable bonds is 10. The molecule has 0 radical (unpaired) electrons. The highest BCUT2D eigenvalue weighted by Gasteiger charge is 2.75. The van der Waals surface area contributed by atoms with Crippen LogP contribution in [-0.2, 0) is 19.1 Å². The lowest BCUT2D eigenvalue weighted by Gasteiger charge is -2.29. The smallest absolute Gasteiger partial charge is 0.460 e. The quantitative estimate of drug-likeness (QED) is 0.147. The Balaban J connectivity index is 1.87. The van der Waals surface area contributed by atoms with E-state index in [9.17, 15) is 40.3 Å². The predicted octanol–water partition coefficient (Wildman–Crippen LogP) is 6.35. The molecule has 2 atom stereocenters. The van der Waals surface area contributed by atoms with Gasteiger partial charge in [-0.2, -0.15) is 30.7 Å². The molecule has 0 bridgehead atoms. The topological polar surface area (TPSA) is 65.0 Å². The van der Waals surface area contributed by atoms with Crippen LogP contribution in [0.5, 0.6) is 0 Å². The molecule has 3 rings (SSSR count). The maximum atomic E-state index is 14.5. The summed E-state index contributed by atoms with van der Waals surface area (Å²) in [7, 11) is 0.707. The van der Waals surface area contributed by atoms with E-state index in [-0.39, 0.29) is 19.6 Å². The number of hydrogen-bond acceptors (Lipinski definition) is 5. The first-order chi connectivity index (χ1) is 18.2. The van der Waals surface area contributed by atoms with Gasteiger partial charge < -0.3 is 9.47 Å². The Morgan fingerprint density at radius 2 is 1.64 bits per heavy atom. The summed E-state index contributed by atoms with van der Waals surface area (Å²) in [4.78, 5) is 26.7. The second-order valence-electron chi connectivity index (χ2n) is 8.85. The minimum Gasteiger partial charge on any atom is -0.464 e. The molecule has 0 spiro atoms. The van der Waals surface area contributed by atoms with E-state index in [0.29, 0.717) is 29.3 Å². The number of aliphatic imine (C=N–C) groups is 1. The van der Waals surface area contributed by atoms with Gasteiger partial charge in [0.25, 0.3) is 0 Å². The second-order valence-corrected chi connectivity index (χ2v) is 8.85. The van der Waals surface area contributed by atoms with Gasteiger partial charge in [-0.05, 0) is 34.7 Å². The second kappa shape index (κ2) is 11.2. The summed E-state index contributed by atoms with van der Waals surface area (Å²) in [6.07, 6.45) is -5.33. The standard InChI is InChI=1S/C27H24F7NO4/c1-4-22(36)38-12-11-15(2)24(37)39-14-21-18-8-6-5-7-17(18)20-13-16(9-10-19(20)21)23(35-3)25(28,29)26(30,31)27(32,33)34/h4-10,13,15,21H,1,11-12,14H2,2-3H3. The SMILES string of the molecule is C=CC(=O)OCCC(C)C(=O)OCC1c2ccccc2-c2cc(C(=NC)C(F)(F)C(F)(F)C(F)(F)F)ccc21. The van der Waals surface area contributed by atoms with Crippen molar-refractivity contribution >= 4 is 17.7 Å². The fourth-order valence-electron chi connectivity index (χ4n) is 4.23. The molecule has 2 aromatic rings. The van der Waals surface area contributed by atoms with Gasteiger partial charge >= 0.3 is 30.0 Å². The Hall–Kier alpha value is -3.70. The number of esters is 2. The predicted molar refractivity (Wildman–Crippen MR) is 128 cm³/mol. The maximum absolute atomic E-state index is 14.5. The highest BCUT2D eigenvalue weighted by atomic mass is 19.4. The lowest BCUT2D eigenvalue weighted by atomic mass is 9.93. The summed E-state index contributed by atoms with van der Waals surface area (Å²) in [6.45, 7) is 4.66. The molecule has 0 heterocycles. The van der Waals surface area contributed by atoms with Crippen LogP contribution in [0, 0.1) is 5.92 Å². The van der Waals surface area contributed by atoms with Crippen LogP contribution in [0.3, 0.4) is 0 Å². The number of nitrogens with zero attached hydrogens (tertiary/aromatic N) is 1. The number of fused-ring (bicyclic) bond motifs is 3. The van der Waals surface area contributed by atoms with Crippen molar-refractivity contribution < 1.29 is 49.8 Å². The first kappa shape index (κ1) is 29.9. The first-order valence-electron chi connectivity index (χ1n) is 11.7. The van der Waals surface area contributed by atoms with Crippen molar-refractivity contribution in [2.75, 3.05) is 20.3 Å². The summed E-state index contributed by atoms with van der Waals surface area (Å²) >= 11 is 0. The van der Waals surface area contributed by atoms with E-state index in [2.05, 4.69) is 11.6 Å². The molecule has 210 valence electrons. The maximum Gasteiger partial charge on any atom is 0.460 e. The number of hydrogen-bond donors (Lipinski definition) is 0. The Morgan fingerprint density at radius 1 is 1.00 bits per heavy atom. The van der Waals surface area contributed by atoms with Crippen LogP contribution in [0.25, 0.3) is 11.1 Å². The van der Waals surface area contributed by atoms with E-state index < -0.39 is 53.1 Å². The Labute approximate surface area is 219 Å². The van der Waals surface area contributed by atoms with Gasteiger partial charge in [-0.25, -0.2) is 4.79 Å². The van der Waals surface area contributed by atoms with Gasteiger partial charge in [0.15, 0.2) is 0 Å². The average Bonchev–Trinajstić information content (AvgIpc) is 3.19. The van der Waals surface area contributed by atoms with E-state index in [1.807, 2.05) is 0 Å². The van der Waals surface area contributed by atoms with E-state index in [1.54, 1.807) is 31.2 Å². The summed E-state index contributed by atoms with van der Waals surface area (Å²) in [6, 6.07) is 10.0. The molecule has 12 heteroatoms. The van der Waals surface area contributed by atoms with E-state index in [1.165, 1.54) is 6.07 Å². The number of benzene rings is 2. The molecule has 2 aromatic carbocycles. The molecule has 0 saturated carbocycles. The summed E-state index contributed by atoms with van der Waals surface area (Å²) in [5.74, 6) is -14.4. The fourth-order valence-corrected chi connectivity index (χ4v) is 4.23. The zero-order valence-electron chi connectivity index (χ0n) is 20.8. The highest BCUT2D eigenvalue weighted by Crippen LogP contribution is 2.49. The van der Waals surface area contributed by atoms with E-state index >= 15 is 0 Å². The third kappa shape index (κ3) is 5.69. The molecule has 1 aliphatic rings. The van der Waals surface area contributed by atoms with Gasteiger partial charge in [0.1, 0.15) is 12.3 Å². The third-order valence-electron chi connectivity index (χ3n) is 6.36. The lowest BCUT2D eigenvalue weighted by molar-refractivity contribution is -0.336. The first-order valence-corrected chi connectivity index (χ1v) is 11.7. The normalized spacial score (nSPS) is 16.2. The molecular weight excluding hydrogens is 535 g/mol. The van der Waals surface area contributed by atoms with E-state index in [0.717, 1.165) is 18.2 Å². The van der Waals surface area contributed by atoms with Crippen LogP contribution in [0.15, 0.2) is 60.1 Å². The molecule has 39 heavy (non-hydrogen) atoms. The number of alkyl halides is 7. The largest absolute Gasteiger partial charge is 0.464 e. The van der Waals surface area contributed by atoms with Gasteiger partial charge in [0, 0.05) is 24.6 Å². The van der Waals surface area contributed by atoms with Crippen molar-refractivity contribution in [3.8, 4) is 11.1 Å². The summed E-state index contributed by atoms with van der Waals surface area (Å²) in [5.41, 5.74) is -0.359. The highest BCUT2D eigenvalue weighted by molar-refractivity contribution is 6.07. The van der Waals surface area contributed by atoms with Crippen LogP contribution in [0.1, 0.15) is 36.0 Å². The molecule has 0 aliphatic heterocycles. The van der Waals surface area contributed by atoms with Gasteiger partial charge in [0.05, 0.1) is 12.5 Å². The van der Waals surface area contributed by atoms with Crippen molar-refractivity contribution in [1.29, 1.82) is 0 Å². The van der Waals surface area contributed by atoms with Crippen molar-refractivity contribution in [3.63, 3.8) is 0 Å². The summed E-state index contributed by atoms with van der Waals surface area (Å²) in [5, 5.41) is 0. The molecule has 0 N–H and O–H groups in total. The molecule has 0 saturated heterocycles. The van der Waals surface area contributed by atoms with Crippen LogP contribution < -0.4 is 0 Å². The number of halogens is 7. The van der Waals surface area contributed by atoms with Crippen LogP contribution in [0.2, 0.25) is 0 Å². The van der Waals surface area contributed by atoms with Crippen LogP contribution >= 0.6 is 0 Å². The van der Waals surface area contributed by atoms with Crippen molar-refractivity contribution in [2.45, 2.75) is 37.3 Å². The Bertz CT molecular complexity index is 1290. The van der Waals surface area contributed by atoms with Gasteiger partial charge in [-0.1, -0.05) is 49.9 Å². The minimum absolute atomic E-state index is 0.0294. The average molecular weight is 559 g/mol. The molecule has 5 nitrogen and oxygen atoms in total. The monoisotopic (exact) mass is 559 g/mol.